The van der Waals surface area contributed by atoms with E-state index in [1.807, 2.05) is 0 Å². The second-order valence-electron chi connectivity index (χ2n) is 8.44. The molecule has 4 aromatic rings. The zero-order valence-electron chi connectivity index (χ0n) is 22.0. The number of ketones is 1. The van der Waals surface area contributed by atoms with Crippen LogP contribution >= 0.6 is 0 Å². The van der Waals surface area contributed by atoms with Gasteiger partial charge in [0.05, 0.1) is 38.3 Å². The molecule has 4 aromatic carbocycles. The Morgan fingerprint density at radius 1 is 0.550 bits per heavy atom. The van der Waals surface area contributed by atoms with E-state index >= 15 is 0 Å². The number of methoxy groups -OCH3 is 4. The second kappa shape index (κ2) is 11.5. The standard InChI is InChI=1S/C29H24N2O9/c1-37-19-7-9-21(23(15-19)25-13-17(30(33)34)5-11-27(25)39-3)29(32)22-10-8-20(38-2)16-24(22)26-14-18(31(35)36)6-12-28(26)40-4/h5-16H,1-4H3. The maximum atomic E-state index is 14.2. The van der Waals surface area contributed by atoms with Gasteiger partial charge in [-0.15, -0.1) is 0 Å². The summed E-state index contributed by atoms with van der Waals surface area (Å²) in [7, 11) is 5.76. The molecular weight excluding hydrogens is 520 g/mol. The molecule has 0 aliphatic rings. The van der Waals surface area contributed by atoms with E-state index in [2.05, 4.69) is 0 Å². The van der Waals surface area contributed by atoms with Crippen molar-refractivity contribution in [3.05, 3.63) is 104 Å². The van der Waals surface area contributed by atoms with Gasteiger partial charge in [0.15, 0.2) is 5.78 Å². The molecule has 0 radical (unpaired) electrons. The average Bonchev–Trinajstić information content (AvgIpc) is 2.99. The third-order valence-corrected chi connectivity index (χ3v) is 6.31. The van der Waals surface area contributed by atoms with E-state index in [9.17, 15) is 25.0 Å². The first kappa shape index (κ1) is 27.6. The molecule has 204 valence electrons. The normalized spacial score (nSPS) is 10.5. The van der Waals surface area contributed by atoms with Crippen LogP contribution in [-0.4, -0.2) is 44.1 Å². The van der Waals surface area contributed by atoms with Gasteiger partial charge in [0.2, 0.25) is 0 Å². The second-order valence-corrected chi connectivity index (χ2v) is 8.44. The van der Waals surface area contributed by atoms with Gasteiger partial charge in [0.1, 0.15) is 23.0 Å². The number of nitro groups is 2. The van der Waals surface area contributed by atoms with Gasteiger partial charge in [-0.2, -0.15) is 0 Å². The number of nitro benzene ring substituents is 2. The number of carbonyl (C=O) groups excluding carboxylic acids is 1. The Bertz CT molecular complexity index is 1510. The Hall–Kier alpha value is -5.45. The molecule has 0 saturated heterocycles. The van der Waals surface area contributed by atoms with Gasteiger partial charge in [-0.1, -0.05) is 0 Å². The molecule has 0 aliphatic heterocycles. The third-order valence-electron chi connectivity index (χ3n) is 6.31. The van der Waals surface area contributed by atoms with Crippen molar-refractivity contribution in [1.29, 1.82) is 0 Å². The number of rotatable bonds is 10. The Morgan fingerprint density at radius 3 is 1.27 bits per heavy atom. The zero-order chi connectivity index (χ0) is 29.0. The monoisotopic (exact) mass is 544 g/mol. The molecule has 11 heteroatoms. The van der Waals surface area contributed by atoms with Crippen LogP contribution in [-0.2, 0) is 0 Å². The lowest BCUT2D eigenvalue weighted by molar-refractivity contribution is -0.385. The van der Waals surface area contributed by atoms with Crippen LogP contribution in [0.25, 0.3) is 22.3 Å². The fourth-order valence-electron chi connectivity index (χ4n) is 4.33. The molecule has 0 amide bonds. The van der Waals surface area contributed by atoms with Crippen molar-refractivity contribution in [2.45, 2.75) is 0 Å². The summed E-state index contributed by atoms with van der Waals surface area (Å²) >= 11 is 0. The first-order valence-electron chi connectivity index (χ1n) is 11.8. The highest BCUT2D eigenvalue weighted by Crippen LogP contribution is 2.41. The highest BCUT2D eigenvalue weighted by atomic mass is 16.6. The van der Waals surface area contributed by atoms with Crippen molar-refractivity contribution in [3.63, 3.8) is 0 Å². The fourth-order valence-corrected chi connectivity index (χ4v) is 4.33. The van der Waals surface area contributed by atoms with Crippen LogP contribution in [0.1, 0.15) is 15.9 Å². The summed E-state index contributed by atoms with van der Waals surface area (Å²) in [6, 6.07) is 17.6. The minimum Gasteiger partial charge on any atom is -0.497 e. The van der Waals surface area contributed by atoms with Crippen molar-refractivity contribution in [2.75, 3.05) is 28.4 Å². The van der Waals surface area contributed by atoms with Crippen molar-refractivity contribution in [3.8, 4) is 45.3 Å². The first-order chi connectivity index (χ1) is 19.2. The molecule has 0 spiro atoms. The minimum absolute atomic E-state index is 0.190. The van der Waals surface area contributed by atoms with Crippen molar-refractivity contribution < 1.29 is 33.6 Å². The molecule has 0 unspecified atom stereocenters. The van der Waals surface area contributed by atoms with Crippen molar-refractivity contribution >= 4 is 17.2 Å². The Kier molecular flexibility index (Phi) is 7.94. The van der Waals surface area contributed by atoms with E-state index in [1.165, 1.54) is 64.8 Å². The van der Waals surface area contributed by atoms with Crippen molar-refractivity contribution in [1.82, 2.24) is 0 Å². The number of ether oxygens (including phenoxy) is 4. The summed E-state index contributed by atoms with van der Waals surface area (Å²) in [5, 5.41) is 23.1. The largest absolute Gasteiger partial charge is 0.497 e. The zero-order valence-corrected chi connectivity index (χ0v) is 22.0. The van der Waals surface area contributed by atoms with Gasteiger partial charge in [-0.05, 0) is 48.5 Å². The predicted octanol–water partition coefficient (Wildman–Crippen LogP) is 6.10. The summed E-state index contributed by atoms with van der Waals surface area (Å²) < 4.78 is 21.7. The molecular formula is C29H24N2O9. The van der Waals surface area contributed by atoms with Crippen LogP contribution in [0.5, 0.6) is 23.0 Å². The predicted molar refractivity (Wildman–Crippen MR) is 147 cm³/mol. The van der Waals surface area contributed by atoms with E-state index < -0.39 is 15.6 Å². The lowest BCUT2D eigenvalue weighted by Crippen LogP contribution is -2.07. The molecule has 0 N–H and O–H groups in total. The summed E-state index contributed by atoms with van der Waals surface area (Å²) in [6.07, 6.45) is 0. The fraction of sp³-hybridized carbons (Fsp3) is 0.138. The molecule has 0 aromatic heterocycles. The number of carbonyl (C=O) groups is 1. The van der Waals surface area contributed by atoms with Crippen LogP contribution < -0.4 is 18.9 Å². The molecule has 4 rings (SSSR count). The van der Waals surface area contributed by atoms with E-state index in [1.54, 1.807) is 36.4 Å². The average molecular weight is 545 g/mol. The summed E-state index contributed by atoms with van der Waals surface area (Å²) in [5.74, 6) is 0.981. The van der Waals surface area contributed by atoms with Crippen LogP contribution in [0.3, 0.4) is 0 Å². The van der Waals surface area contributed by atoms with Crippen LogP contribution in [0.15, 0.2) is 72.8 Å². The molecule has 0 atom stereocenters. The molecule has 0 heterocycles. The van der Waals surface area contributed by atoms with Crippen LogP contribution in [0.2, 0.25) is 0 Å². The van der Waals surface area contributed by atoms with E-state index in [4.69, 9.17) is 18.9 Å². The lowest BCUT2D eigenvalue weighted by Gasteiger charge is -2.17. The smallest absolute Gasteiger partial charge is 0.270 e. The number of benzene rings is 4. The van der Waals surface area contributed by atoms with Gasteiger partial charge in [-0.25, -0.2) is 0 Å². The highest BCUT2D eigenvalue weighted by Gasteiger charge is 2.25. The number of hydrogen-bond donors (Lipinski definition) is 0. The Morgan fingerprint density at radius 2 is 0.950 bits per heavy atom. The van der Waals surface area contributed by atoms with Gasteiger partial charge in [0.25, 0.3) is 11.4 Å². The molecule has 0 fully saturated rings. The van der Waals surface area contributed by atoms with E-state index in [0.717, 1.165) is 0 Å². The molecule has 0 saturated carbocycles. The number of non-ortho nitro benzene ring substituents is 2. The van der Waals surface area contributed by atoms with Crippen molar-refractivity contribution in [2.24, 2.45) is 0 Å². The molecule has 0 bridgehead atoms. The summed E-state index contributed by atoms with van der Waals surface area (Å²) in [5.41, 5.74) is 1.28. The molecule has 0 aliphatic carbocycles. The van der Waals surface area contributed by atoms with Crippen LogP contribution in [0.4, 0.5) is 11.4 Å². The third kappa shape index (κ3) is 5.25. The maximum absolute atomic E-state index is 14.2. The van der Waals surface area contributed by atoms with Gasteiger partial charge < -0.3 is 18.9 Å². The SMILES string of the molecule is COc1ccc(C(=O)c2ccc(OC)cc2-c2cc([N+](=O)[O-])ccc2OC)c(-c2cc([N+](=O)[O-])ccc2OC)c1. The summed E-state index contributed by atoms with van der Waals surface area (Å²) in [6.45, 7) is 0. The highest BCUT2D eigenvalue weighted by molar-refractivity contribution is 6.16. The van der Waals surface area contributed by atoms with Gasteiger partial charge in [-0.3, -0.25) is 25.0 Å². The quantitative estimate of drug-likeness (QED) is 0.131. The lowest BCUT2D eigenvalue weighted by atomic mass is 9.89. The number of nitrogens with zero attached hydrogens (tertiary/aromatic N) is 2. The number of hydrogen-bond acceptors (Lipinski definition) is 9. The minimum atomic E-state index is -0.541. The maximum Gasteiger partial charge on any atom is 0.270 e. The van der Waals surface area contributed by atoms with Gasteiger partial charge >= 0.3 is 0 Å². The Balaban J connectivity index is 2.00. The van der Waals surface area contributed by atoms with Crippen LogP contribution in [0, 0.1) is 20.2 Å². The first-order valence-corrected chi connectivity index (χ1v) is 11.8. The van der Waals surface area contributed by atoms with E-state index in [0.29, 0.717) is 45.3 Å². The van der Waals surface area contributed by atoms with Gasteiger partial charge in [0, 0.05) is 57.6 Å². The topological polar surface area (TPSA) is 140 Å². The molecule has 11 nitrogen and oxygen atoms in total. The molecule has 40 heavy (non-hydrogen) atoms. The Labute approximate surface area is 228 Å². The van der Waals surface area contributed by atoms with E-state index in [-0.39, 0.29) is 22.5 Å². The summed E-state index contributed by atoms with van der Waals surface area (Å²) in [4.78, 5) is 36.3.